The van der Waals surface area contributed by atoms with Gasteiger partial charge in [0, 0.05) is 7.05 Å². The fraction of sp³-hybridized carbons (Fsp3) is 0.308. The van der Waals surface area contributed by atoms with E-state index in [-0.39, 0.29) is 16.3 Å². The van der Waals surface area contributed by atoms with Gasteiger partial charge < -0.3 is 4.74 Å². The molecule has 0 aliphatic heterocycles. The lowest BCUT2D eigenvalue weighted by Crippen LogP contribution is -2.16. The topological polar surface area (TPSA) is 73.2 Å². The molecule has 0 unspecified atom stereocenters. The third kappa shape index (κ3) is 3.19. The van der Waals surface area contributed by atoms with Crippen LogP contribution in [0.25, 0.3) is 0 Å². The van der Waals surface area contributed by atoms with Gasteiger partial charge in [-0.1, -0.05) is 12.1 Å². The Labute approximate surface area is 126 Å². The van der Waals surface area contributed by atoms with Crippen molar-refractivity contribution >= 4 is 15.7 Å². The molecule has 0 aliphatic carbocycles. The predicted octanol–water partition coefficient (Wildman–Crippen LogP) is 2.44. The van der Waals surface area contributed by atoms with Crippen LogP contribution in [-0.4, -0.2) is 24.8 Å². The molecule has 1 aromatic carbocycles. The molecule has 0 atom stereocenters. The number of alkyl halides is 2. The van der Waals surface area contributed by atoms with E-state index in [0.29, 0.717) is 11.4 Å². The monoisotopic (exact) mass is 331 g/mol. The van der Waals surface area contributed by atoms with Gasteiger partial charge in [0.15, 0.2) is 0 Å². The minimum atomic E-state index is -3.97. The van der Waals surface area contributed by atoms with Gasteiger partial charge >= 0.3 is 6.61 Å². The number of aromatic nitrogens is 2. The van der Waals surface area contributed by atoms with E-state index in [9.17, 15) is 17.2 Å². The van der Waals surface area contributed by atoms with Crippen LogP contribution in [0.1, 0.15) is 11.4 Å². The van der Waals surface area contributed by atoms with Gasteiger partial charge in [-0.05, 0) is 26.0 Å². The highest BCUT2D eigenvalue weighted by molar-refractivity contribution is 7.92. The number of anilines is 1. The summed E-state index contributed by atoms with van der Waals surface area (Å²) >= 11 is 0. The maximum absolute atomic E-state index is 12.5. The van der Waals surface area contributed by atoms with Gasteiger partial charge in [0.05, 0.1) is 17.1 Å². The summed E-state index contributed by atoms with van der Waals surface area (Å²) < 4.78 is 57.7. The lowest BCUT2D eigenvalue weighted by Gasteiger charge is -2.13. The second-order valence-corrected chi connectivity index (χ2v) is 6.22. The number of hydrogen-bond donors (Lipinski definition) is 1. The number of ether oxygens (including phenoxy) is 1. The molecule has 0 radical (unpaired) electrons. The van der Waals surface area contributed by atoms with Gasteiger partial charge in [-0.25, -0.2) is 8.42 Å². The third-order valence-corrected chi connectivity index (χ3v) is 4.68. The van der Waals surface area contributed by atoms with E-state index in [0.717, 1.165) is 0 Å². The van der Waals surface area contributed by atoms with Crippen molar-refractivity contribution in [3.05, 3.63) is 35.7 Å². The second kappa shape index (κ2) is 5.91. The Hall–Kier alpha value is -2.16. The molecule has 1 N–H and O–H groups in total. The SMILES string of the molecule is Cc1nn(C)c(C)c1S(=O)(=O)Nc1ccccc1OC(F)F. The highest BCUT2D eigenvalue weighted by Gasteiger charge is 2.25. The van der Waals surface area contributed by atoms with E-state index in [1.54, 1.807) is 20.9 Å². The highest BCUT2D eigenvalue weighted by Crippen LogP contribution is 2.29. The number of halogens is 2. The molecule has 9 heteroatoms. The van der Waals surface area contributed by atoms with Crippen LogP contribution in [0.15, 0.2) is 29.2 Å². The average molecular weight is 331 g/mol. The average Bonchev–Trinajstić information content (AvgIpc) is 2.65. The minimum absolute atomic E-state index is 0.0156. The fourth-order valence-corrected chi connectivity index (χ4v) is 3.60. The lowest BCUT2D eigenvalue weighted by atomic mass is 10.3. The molecule has 0 saturated heterocycles. The fourth-order valence-electron chi connectivity index (χ4n) is 2.09. The van der Waals surface area contributed by atoms with Crippen LogP contribution >= 0.6 is 0 Å². The summed E-state index contributed by atoms with van der Waals surface area (Å²) in [5.41, 5.74) is 0.697. The molecule has 0 amide bonds. The number of rotatable bonds is 5. The summed E-state index contributed by atoms with van der Waals surface area (Å²) in [7, 11) is -2.35. The highest BCUT2D eigenvalue weighted by atomic mass is 32.2. The number of nitrogens with one attached hydrogen (secondary N) is 1. The number of aryl methyl sites for hydroxylation is 2. The number of para-hydroxylation sites is 2. The van der Waals surface area contributed by atoms with Crippen LogP contribution in [0, 0.1) is 13.8 Å². The van der Waals surface area contributed by atoms with Crippen LogP contribution < -0.4 is 9.46 Å². The van der Waals surface area contributed by atoms with E-state index in [2.05, 4.69) is 14.6 Å². The molecular formula is C13H15F2N3O3S. The second-order valence-electron chi connectivity index (χ2n) is 4.60. The van der Waals surface area contributed by atoms with Gasteiger partial charge in [0.1, 0.15) is 10.6 Å². The third-order valence-electron chi connectivity index (χ3n) is 3.06. The van der Waals surface area contributed by atoms with E-state index in [4.69, 9.17) is 0 Å². The van der Waals surface area contributed by atoms with Gasteiger partial charge in [0.2, 0.25) is 0 Å². The molecule has 0 spiro atoms. The smallest absolute Gasteiger partial charge is 0.387 e. The molecule has 0 bridgehead atoms. The number of hydrogen-bond acceptors (Lipinski definition) is 4. The zero-order chi connectivity index (χ0) is 16.5. The van der Waals surface area contributed by atoms with Crippen LogP contribution in [0.5, 0.6) is 5.75 Å². The Kier molecular flexibility index (Phi) is 4.36. The lowest BCUT2D eigenvalue weighted by molar-refractivity contribution is -0.0493. The Morgan fingerprint density at radius 3 is 2.45 bits per heavy atom. The zero-order valence-corrected chi connectivity index (χ0v) is 13.0. The molecular weight excluding hydrogens is 316 g/mol. The first-order valence-electron chi connectivity index (χ1n) is 6.29. The first-order valence-corrected chi connectivity index (χ1v) is 7.77. The molecule has 0 fully saturated rings. The van der Waals surface area contributed by atoms with Crippen LogP contribution in [-0.2, 0) is 17.1 Å². The first kappa shape index (κ1) is 16.2. The molecule has 0 saturated carbocycles. The number of benzene rings is 1. The Balaban J connectivity index is 2.42. The molecule has 120 valence electrons. The molecule has 6 nitrogen and oxygen atoms in total. The Bertz CT molecular complexity index is 788. The number of nitrogens with zero attached hydrogens (tertiary/aromatic N) is 2. The maximum atomic E-state index is 12.5. The van der Waals surface area contributed by atoms with Gasteiger partial charge in [-0.3, -0.25) is 9.40 Å². The van der Waals surface area contributed by atoms with Crippen LogP contribution in [0.4, 0.5) is 14.5 Å². The Morgan fingerprint density at radius 1 is 1.27 bits per heavy atom. The summed E-state index contributed by atoms with van der Waals surface area (Å²) in [6, 6.07) is 5.58. The van der Waals surface area contributed by atoms with Crippen molar-refractivity contribution in [3.63, 3.8) is 0 Å². The van der Waals surface area contributed by atoms with Crippen molar-refractivity contribution < 1.29 is 21.9 Å². The summed E-state index contributed by atoms with van der Waals surface area (Å²) in [6.45, 7) is 0.117. The first-order chi connectivity index (χ1) is 10.2. The van der Waals surface area contributed by atoms with Gasteiger partial charge in [0.25, 0.3) is 10.0 Å². The van der Waals surface area contributed by atoms with Crippen LogP contribution in [0.3, 0.4) is 0 Å². The van der Waals surface area contributed by atoms with Crippen molar-refractivity contribution in [1.29, 1.82) is 0 Å². The summed E-state index contributed by atoms with van der Waals surface area (Å²) in [6.07, 6.45) is 0. The number of sulfonamides is 1. The van der Waals surface area contributed by atoms with Crippen LogP contribution in [0.2, 0.25) is 0 Å². The summed E-state index contributed by atoms with van der Waals surface area (Å²) in [4.78, 5) is 0.0156. The van der Waals surface area contributed by atoms with Gasteiger partial charge in [-0.2, -0.15) is 13.9 Å². The largest absolute Gasteiger partial charge is 0.433 e. The van der Waals surface area contributed by atoms with Crippen molar-refractivity contribution in [3.8, 4) is 5.75 Å². The van der Waals surface area contributed by atoms with E-state index in [1.165, 1.54) is 28.9 Å². The molecule has 1 aromatic heterocycles. The summed E-state index contributed by atoms with van der Waals surface area (Å²) in [5, 5.41) is 4.04. The molecule has 1 heterocycles. The molecule has 0 aliphatic rings. The minimum Gasteiger partial charge on any atom is -0.433 e. The van der Waals surface area contributed by atoms with Crippen molar-refractivity contribution in [2.75, 3.05) is 4.72 Å². The van der Waals surface area contributed by atoms with E-state index < -0.39 is 16.6 Å². The van der Waals surface area contributed by atoms with Gasteiger partial charge in [-0.15, -0.1) is 0 Å². The normalized spacial score (nSPS) is 11.7. The molecule has 2 aromatic rings. The van der Waals surface area contributed by atoms with E-state index in [1.807, 2.05) is 0 Å². The Morgan fingerprint density at radius 2 is 1.91 bits per heavy atom. The molecule has 2 rings (SSSR count). The predicted molar refractivity (Wildman–Crippen MR) is 76.6 cm³/mol. The van der Waals surface area contributed by atoms with Crippen molar-refractivity contribution in [1.82, 2.24) is 9.78 Å². The summed E-state index contributed by atoms with van der Waals surface area (Å²) in [5.74, 6) is -0.250. The quantitative estimate of drug-likeness (QED) is 0.913. The zero-order valence-electron chi connectivity index (χ0n) is 12.2. The standard InChI is InChI=1S/C13H15F2N3O3S/c1-8-12(9(2)18(3)16-8)22(19,20)17-10-6-4-5-7-11(10)21-13(14)15/h4-7,13,17H,1-3H3. The van der Waals surface area contributed by atoms with E-state index >= 15 is 0 Å². The van der Waals surface area contributed by atoms with Crippen molar-refractivity contribution in [2.45, 2.75) is 25.4 Å². The van der Waals surface area contributed by atoms with Crippen molar-refractivity contribution in [2.24, 2.45) is 7.05 Å². The molecule has 22 heavy (non-hydrogen) atoms. The maximum Gasteiger partial charge on any atom is 0.387 e.